The summed E-state index contributed by atoms with van der Waals surface area (Å²) in [7, 11) is 0. The summed E-state index contributed by atoms with van der Waals surface area (Å²) in [6.45, 7) is 3.62. The Morgan fingerprint density at radius 1 is 1.04 bits per heavy atom. The Bertz CT molecular complexity index is 906. The van der Waals surface area contributed by atoms with E-state index in [2.05, 4.69) is 0 Å². The van der Waals surface area contributed by atoms with Crippen LogP contribution < -0.4 is 4.90 Å². The minimum absolute atomic E-state index is 0.115. The lowest BCUT2D eigenvalue weighted by Crippen LogP contribution is -2.32. The second-order valence-electron chi connectivity index (χ2n) is 6.02. The van der Waals surface area contributed by atoms with Crippen molar-refractivity contribution in [2.75, 3.05) is 17.3 Å². The monoisotopic (exact) mass is 371 g/mol. The van der Waals surface area contributed by atoms with Gasteiger partial charge in [-0.25, -0.2) is 9.29 Å². The lowest BCUT2D eigenvalue weighted by Gasteiger charge is -2.18. The first-order valence-electron chi connectivity index (χ1n) is 8.14. The molecular weight excluding hydrogens is 353 g/mol. The average Bonchev–Trinajstić information content (AvgIpc) is 2.86. The standard InChI is InChI=1S/C20H18FNO3S/c1-12-3-4-13(2)16(11-12)22-19(24)17(14-5-7-15(21)8-6-14)18(20(22)25)26-10-9-23/h3-8,11,23H,9-10H2,1-2H3. The van der Waals surface area contributed by atoms with Crippen molar-refractivity contribution in [1.29, 1.82) is 0 Å². The van der Waals surface area contributed by atoms with Gasteiger partial charge in [0.1, 0.15) is 5.82 Å². The Morgan fingerprint density at radius 2 is 1.73 bits per heavy atom. The molecule has 0 aliphatic carbocycles. The van der Waals surface area contributed by atoms with E-state index in [1.807, 2.05) is 26.0 Å². The summed E-state index contributed by atoms with van der Waals surface area (Å²) >= 11 is 1.14. The Kier molecular flexibility index (Phi) is 5.25. The van der Waals surface area contributed by atoms with Gasteiger partial charge in [0.15, 0.2) is 0 Å². The molecule has 1 N–H and O–H groups in total. The second-order valence-corrected chi connectivity index (χ2v) is 7.12. The molecule has 0 fully saturated rings. The van der Waals surface area contributed by atoms with E-state index in [1.54, 1.807) is 6.07 Å². The normalized spacial score (nSPS) is 14.5. The predicted octanol–water partition coefficient (Wildman–Crippen LogP) is 3.45. The highest BCUT2D eigenvalue weighted by Crippen LogP contribution is 2.39. The van der Waals surface area contributed by atoms with Gasteiger partial charge in [0.2, 0.25) is 0 Å². The minimum atomic E-state index is -0.434. The largest absolute Gasteiger partial charge is 0.396 e. The molecule has 1 heterocycles. The number of imide groups is 1. The Balaban J connectivity index is 2.11. The number of benzene rings is 2. The molecule has 0 radical (unpaired) electrons. The number of aliphatic hydroxyl groups excluding tert-OH is 1. The topological polar surface area (TPSA) is 57.6 Å². The molecule has 0 unspecified atom stereocenters. The van der Waals surface area contributed by atoms with Crippen molar-refractivity contribution in [1.82, 2.24) is 0 Å². The SMILES string of the molecule is Cc1ccc(C)c(N2C(=O)C(SCCO)=C(c3ccc(F)cc3)C2=O)c1. The lowest BCUT2D eigenvalue weighted by atomic mass is 10.1. The van der Waals surface area contributed by atoms with E-state index in [0.29, 0.717) is 17.0 Å². The van der Waals surface area contributed by atoms with Gasteiger partial charge in [-0.2, -0.15) is 0 Å². The molecule has 0 aromatic heterocycles. The first kappa shape index (κ1) is 18.4. The van der Waals surface area contributed by atoms with E-state index in [1.165, 1.54) is 29.2 Å². The Morgan fingerprint density at radius 3 is 2.38 bits per heavy atom. The molecule has 2 aromatic carbocycles. The van der Waals surface area contributed by atoms with Crippen molar-refractivity contribution in [2.24, 2.45) is 0 Å². The lowest BCUT2D eigenvalue weighted by molar-refractivity contribution is -0.119. The van der Waals surface area contributed by atoms with E-state index in [-0.39, 0.29) is 17.1 Å². The average molecular weight is 371 g/mol. The molecule has 1 aliphatic heterocycles. The number of thioether (sulfide) groups is 1. The van der Waals surface area contributed by atoms with Crippen LogP contribution in [0.2, 0.25) is 0 Å². The fourth-order valence-electron chi connectivity index (χ4n) is 2.84. The third-order valence-corrected chi connectivity index (χ3v) is 5.17. The fourth-order valence-corrected chi connectivity index (χ4v) is 3.70. The van der Waals surface area contributed by atoms with Crippen molar-refractivity contribution < 1.29 is 19.1 Å². The quantitative estimate of drug-likeness (QED) is 0.818. The van der Waals surface area contributed by atoms with Gasteiger partial charge < -0.3 is 5.11 Å². The number of anilines is 1. The smallest absolute Gasteiger partial charge is 0.272 e. The van der Waals surface area contributed by atoms with Crippen molar-refractivity contribution in [3.05, 3.63) is 69.9 Å². The van der Waals surface area contributed by atoms with E-state index >= 15 is 0 Å². The third kappa shape index (κ3) is 3.30. The van der Waals surface area contributed by atoms with Crippen LogP contribution >= 0.6 is 11.8 Å². The van der Waals surface area contributed by atoms with Crippen LogP contribution in [0, 0.1) is 19.7 Å². The molecule has 26 heavy (non-hydrogen) atoms. The molecule has 6 heteroatoms. The van der Waals surface area contributed by atoms with Crippen molar-refractivity contribution >= 4 is 34.8 Å². The van der Waals surface area contributed by atoms with Gasteiger partial charge in [-0.15, -0.1) is 11.8 Å². The van der Waals surface area contributed by atoms with Gasteiger partial charge >= 0.3 is 0 Å². The molecule has 1 aliphatic rings. The van der Waals surface area contributed by atoms with E-state index < -0.39 is 17.6 Å². The fraction of sp³-hybridized carbons (Fsp3) is 0.200. The number of aryl methyl sites for hydroxylation is 2. The molecular formula is C20H18FNO3S. The summed E-state index contributed by atoms with van der Waals surface area (Å²) in [5.41, 5.74) is 3.02. The summed E-state index contributed by atoms with van der Waals surface area (Å²) < 4.78 is 13.3. The number of nitrogens with zero attached hydrogens (tertiary/aromatic N) is 1. The van der Waals surface area contributed by atoms with E-state index in [0.717, 1.165) is 22.9 Å². The van der Waals surface area contributed by atoms with Crippen LogP contribution in [0.3, 0.4) is 0 Å². The molecule has 0 atom stereocenters. The molecule has 3 rings (SSSR count). The van der Waals surface area contributed by atoms with Crippen molar-refractivity contribution in [2.45, 2.75) is 13.8 Å². The van der Waals surface area contributed by atoms with Crippen LogP contribution in [0.25, 0.3) is 5.57 Å². The van der Waals surface area contributed by atoms with Crippen LogP contribution in [0.5, 0.6) is 0 Å². The number of hydrogen-bond donors (Lipinski definition) is 1. The number of hydrogen-bond acceptors (Lipinski definition) is 4. The maximum Gasteiger partial charge on any atom is 0.272 e. The summed E-state index contributed by atoms with van der Waals surface area (Å²) in [6, 6.07) is 11.1. The van der Waals surface area contributed by atoms with Crippen molar-refractivity contribution in [3.63, 3.8) is 0 Å². The van der Waals surface area contributed by atoms with Gasteiger partial charge in [0.25, 0.3) is 11.8 Å². The molecule has 2 amide bonds. The molecule has 0 spiro atoms. The molecule has 0 saturated heterocycles. The molecule has 2 aromatic rings. The number of carbonyl (C=O) groups excluding carboxylic acids is 2. The summed E-state index contributed by atoms with van der Waals surface area (Å²) in [4.78, 5) is 27.6. The van der Waals surface area contributed by atoms with Gasteiger partial charge in [-0.05, 0) is 48.7 Å². The molecule has 134 valence electrons. The highest BCUT2D eigenvalue weighted by atomic mass is 32.2. The number of amides is 2. The highest BCUT2D eigenvalue weighted by Gasteiger charge is 2.40. The number of carbonyl (C=O) groups is 2. The number of halogens is 1. The number of rotatable bonds is 5. The zero-order chi connectivity index (χ0) is 18.8. The van der Waals surface area contributed by atoms with E-state index in [4.69, 9.17) is 5.11 Å². The van der Waals surface area contributed by atoms with Gasteiger partial charge in [-0.1, -0.05) is 24.3 Å². The zero-order valence-electron chi connectivity index (χ0n) is 14.5. The summed E-state index contributed by atoms with van der Waals surface area (Å²) in [5.74, 6) is -0.973. The van der Waals surface area contributed by atoms with Gasteiger partial charge in [0.05, 0.1) is 22.8 Å². The third-order valence-electron chi connectivity index (χ3n) is 4.12. The summed E-state index contributed by atoms with van der Waals surface area (Å²) in [6.07, 6.45) is 0. The minimum Gasteiger partial charge on any atom is -0.396 e. The van der Waals surface area contributed by atoms with Gasteiger partial charge in [-0.3, -0.25) is 9.59 Å². The Labute approximate surface area is 155 Å². The molecule has 4 nitrogen and oxygen atoms in total. The van der Waals surface area contributed by atoms with Crippen LogP contribution in [-0.4, -0.2) is 29.3 Å². The van der Waals surface area contributed by atoms with Crippen molar-refractivity contribution in [3.8, 4) is 0 Å². The predicted molar refractivity (Wildman–Crippen MR) is 101 cm³/mol. The van der Waals surface area contributed by atoms with Crippen LogP contribution in [0.1, 0.15) is 16.7 Å². The molecule has 0 bridgehead atoms. The highest BCUT2D eigenvalue weighted by molar-refractivity contribution is 8.04. The molecule has 0 saturated carbocycles. The summed E-state index contributed by atoms with van der Waals surface area (Å²) in [5, 5.41) is 9.13. The number of aliphatic hydroxyl groups is 1. The van der Waals surface area contributed by atoms with Crippen LogP contribution in [0.4, 0.5) is 10.1 Å². The Hall–Kier alpha value is -2.44. The first-order chi connectivity index (χ1) is 12.4. The maximum absolute atomic E-state index is 13.3. The second kappa shape index (κ2) is 7.43. The van der Waals surface area contributed by atoms with Crippen LogP contribution in [0.15, 0.2) is 47.4 Å². The van der Waals surface area contributed by atoms with Crippen LogP contribution in [-0.2, 0) is 9.59 Å². The first-order valence-corrected chi connectivity index (χ1v) is 9.12. The zero-order valence-corrected chi connectivity index (χ0v) is 15.3. The van der Waals surface area contributed by atoms with E-state index in [9.17, 15) is 14.0 Å². The van der Waals surface area contributed by atoms with Gasteiger partial charge in [0, 0.05) is 5.75 Å². The maximum atomic E-state index is 13.3.